The molecule has 36 heavy (non-hydrogen) atoms. The number of aromatic amines is 1. The number of phenols is 1. The zero-order valence-corrected chi connectivity index (χ0v) is 21.7. The third-order valence-corrected chi connectivity index (χ3v) is 7.68. The number of allylic oxidation sites excluding steroid dienone is 5. The second-order valence-corrected chi connectivity index (χ2v) is 10.1. The molecule has 3 aromatic rings. The van der Waals surface area contributed by atoms with E-state index in [4.69, 9.17) is 0 Å². The highest BCUT2D eigenvalue weighted by Gasteiger charge is 2.27. The first-order valence-corrected chi connectivity index (χ1v) is 13.4. The molecule has 4 heteroatoms. The molecule has 6 rings (SSSR count). The van der Waals surface area contributed by atoms with Gasteiger partial charge in [0.05, 0.1) is 0 Å². The summed E-state index contributed by atoms with van der Waals surface area (Å²) in [4.78, 5) is 5.66. The maximum atomic E-state index is 13.2. The van der Waals surface area contributed by atoms with Crippen molar-refractivity contribution >= 4 is 16.5 Å². The Labute approximate surface area is 214 Å². The molecule has 0 saturated carbocycles. The maximum absolute atomic E-state index is 13.2. The van der Waals surface area contributed by atoms with Crippen LogP contribution in [0.5, 0.6) is 5.75 Å². The molecule has 1 saturated heterocycles. The van der Waals surface area contributed by atoms with Gasteiger partial charge >= 0.3 is 0 Å². The number of likely N-dealkylation sites (tertiary alicyclic amines) is 1. The van der Waals surface area contributed by atoms with Crippen molar-refractivity contribution in [2.24, 2.45) is 5.92 Å². The highest BCUT2D eigenvalue weighted by molar-refractivity contribution is 5.91. The minimum absolute atomic E-state index is 0.338. The molecular weight excluding hydrogens is 447 g/mol. The topological polar surface area (TPSA) is 39.3 Å². The van der Waals surface area contributed by atoms with E-state index in [1.54, 1.807) is 0 Å². The highest BCUT2D eigenvalue weighted by Crippen LogP contribution is 2.43. The Bertz CT molecular complexity index is 1340. The Kier molecular flexibility index (Phi) is 7.15. The first-order chi connectivity index (χ1) is 17.5. The summed E-state index contributed by atoms with van der Waals surface area (Å²) in [5, 5.41) is 11.4. The van der Waals surface area contributed by atoms with Crippen LogP contribution < -0.4 is 0 Å². The molecule has 188 valence electrons. The highest BCUT2D eigenvalue weighted by atomic mass is 19.1. The Morgan fingerprint density at radius 2 is 1.89 bits per heavy atom. The van der Waals surface area contributed by atoms with Gasteiger partial charge in [-0.15, -0.1) is 0 Å². The van der Waals surface area contributed by atoms with Crippen molar-refractivity contribution in [1.29, 1.82) is 0 Å². The van der Waals surface area contributed by atoms with Gasteiger partial charge in [0.1, 0.15) is 11.9 Å². The van der Waals surface area contributed by atoms with E-state index >= 15 is 0 Å². The minimum Gasteiger partial charge on any atom is -0.508 e. The van der Waals surface area contributed by atoms with E-state index < -0.39 is 6.17 Å². The van der Waals surface area contributed by atoms with Crippen LogP contribution in [0, 0.1) is 5.92 Å². The summed E-state index contributed by atoms with van der Waals surface area (Å²) < 4.78 is 13.2. The lowest BCUT2D eigenvalue weighted by Gasteiger charge is -2.33. The van der Waals surface area contributed by atoms with Gasteiger partial charge in [-0.3, -0.25) is 4.90 Å². The molecular formula is C32H37FN2O. The molecule has 0 spiro atoms. The van der Waals surface area contributed by atoms with E-state index in [1.807, 2.05) is 26.0 Å². The fourth-order valence-electron chi connectivity index (χ4n) is 5.95. The van der Waals surface area contributed by atoms with E-state index in [1.165, 1.54) is 38.8 Å². The SMILES string of the molecule is CC.CC1=CC=CCC1C1=C(c2ccc3[nH]c(CN4CC(F)C4)cc3c2)c2ccc(O)cc2CCC1. The van der Waals surface area contributed by atoms with E-state index in [0.717, 1.165) is 43.4 Å². The first kappa shape index (κ1) is 24.6. The van der Waals surface area contributed by atoms with Gasteiger partial charge in [-0.2, -0.15) is 0 Å². The molecule has 3 nitrogen and oxygen atoms in total. The van der Waals surface area contributed by atoms with E-state index in [2.05, 4.69) is 65.4 Å². The molecule has 0 amide bonds. The zero-order valence-electron chi connectivity index (χ0n) is 21.7. The summed E-state index contributed by atoms with van der Waals surface area (Å²) >= 11 is 0. The Morgan fingerprint density at radius 3 is 2.67 bits per heavy atom. The third-order valence-electron chi connectivity index (χ3n) is 7.68. The Balaban J connectivity index is 0.00000130. The molecule has 2 aromatic carbocycles. The number of alkyl halides is 1. The van der Waals surface area contributed by atoms with Crippen LogP contribution in [0.4, 0.5) is 4.39 Å². The molecule has 1 fully saturated rings. The lowest BCUT2D eigenvalue weighted by Crippen LogP contribution is -2.47. The van der Waals surface area contributed by atoms with Crippen LogP contribution in [0.25, 0.3) is 16.5 Å². The predicted octanol–water partition coefficient (Wildman–Crippen LogP) is 7.71. The predicted molar refractivity (Wildman–Crippen MR) is 148 cm³/mol. The number of rotatable bonds is 4. The van der Waals surface area contributed by atoms with Crippen molar-refractivity contribution < 1.29 is 9.50 Å². The zero-order chi connectivity index (χ0) is 25.2. The average Bonchev–Trinajstić information content (AvgIpc) is 3.17. The molecule has 0 radical (unpaired) electrons. The number of benzene rings is 2. The number of aromatic hydroxyl groups is 1. The van der Waals surface area contributed by atoms with Gasteiger partial charge in [-0.25, -0.2) is 4.39 Å². The molecule has 0 bridgehead atoms. The molecule has 2 N–H and O–H groups in total. The van der Waals surface area contributed by atoms with Gasteiger partial charge < -0.3 is 10.1 Å². The van der Waals surface area contributed by atoms with Crippen molar-refractivity contribution in [2.75, 3.05) is 13.1 Å². The summed E-state index contributed by atoms with van der Waals surface area (Å²) in [6.07, 6.45) is 10.2. The van der Waals surface area contributed by atoms with Gasteiger partial charge in [0.25, 0.3) is 0 Å². The smallest absolute Gasteiger partial charge is 0.125 e. The molecule has 3 aliphatic rings. The van der Waals surface area contributed by atoms with Crippen LogP contribution in [0.2, 0.25) is 0 Å². The van der Waals surface area contributed by atoms with E-state index in [0.29, 0.717) is 24.8 Å². The Hall–Kier alpha value is -3.11. The largest absolute Gasteiger partial charge is 0.508 e. The van der Waals surface area contributed by atoms with Crippen LogP contribution in [-0.2, 0) is 13.0 Å². The second kappa shape index (κ2) is 10.5. The number of aryl methyl sites for hydroxylation is 1. The molecule has 1 aromatic heterocycles. The lowest BCUT2D eigenvalue weighted by atomic mass is 9.79. The normalized spacial score (nSPS) is 20.3. The number of hydrogen-bond acceptors (Lipinski definition) is 2. The monoisotopic (exact) mass is 484 g/mol. The van der Waals surface area contributed by atoms with Crippen LogP contribution in [0.15, 0.2) is 71.8 Å². The number of phenolic OH excluding ortho intramolecular Hbond substituents is 1. The lowest BCUT2D eigenvalue weighted by molar-refractivity contribution is 0.0582. The van der Waals surface area contributed by atoms with Gasteiger partial charge in [-0.05, 0) is 85.2 Å². The van der Waals surface area contributed by atoms with Gasteiger partial charge in [0.15, 0.2) is 0 Å². The van der Waals surface area contributed by atoms with Gasteiger partial charge in [-0.1, -0.05) is 55.4 Å². The van der Waals surface area contributed by atoms with Crippen LogP contribution in [0.3, 0.4) is 0 Å². The molecule has 1 aliphatic heterocycles. The fourth-order valence-corrected chi connectivity index (χ4v) is 5.95. The minimum atomic E-state index is -0.678. The number of H-pyrrole nitrogens is 1. The van der Waals surface area contributed by atoms with Crippen LogP contribution >= 0.6 is 0 Å². The average molecular weight is 485 g/mol. The quantitative estimate of drug-likeness (QED) is 0.398. The third kappa shape index (κ3) is 4.79. The van der Waals surface area contributed by atoms with Crippen LogP contribution in [0.1, 0.15) is 62.4 Å². The van der Waals surface area contributed by atoms with Crippen LogP contribution in [-0.4, -0.2) is 34.3 Å². The van der Waals surface area contributed by atoms with Crippen molar-refractivity contribution in [1.82, 2.24) is 9.88 Å². The number of nitrogens with one attached hydrogen (secondary N) is 1. The summed E-state index contributed by atoms with van der Waals surface area (Å²) in [6.45, 7) is 8.08. The van der Waals surface area contributed by atoms with Crippen molar-refractivity contribution in [3.05, 3.63) is 94.2 Å². The second-order valence-electron chi connectivity index (χ2n) is 10.1. The first-order valence-electron chi connectivity index (χ1n) is 13.4. The van der Waals surface area contributed by atoms with Gasteiger partial charge in [0.2, 0.25) is 0 Å². The number of hydrogen-bond donors (Lipinski definition) is 2. The standard InChI is InChI=1S/C30H31FN2O.C2H6/c1-19-5-2-3-7-26(19)28-8-4-6-20-15-25(34)10-11-27(20)30(28)21-9-12-29-22(13-21)14-24(32-29)18-33-16-23(31)17-33;1-2/h2-3,5,9-15,23,26,32,34H,4,6-8,16-18H2,1H3;1-2H3. The fraction of sp³-hybridized carbons (Fsp3) is 0.375. The Morgan fingerprint density at radius 1 is 1.06 bits per heavy atom. The van der Waals surface area contributed by atoms with Crippen molar-refractivity contribution in [2.45, 2.75) is 59.2 Å². The maximum Gasteiger partial charge on any atom is 0.125 e. The summed E-state index contributed by atoms with van der Waals surface area (Å²) in [5.74, 6) is 0.753. The number of nitrogens with zero attached hydrogens (tertiary/aromatic N) is 1. The molecule has 1 unspecified atom stereocenters. The molecule has 2 aliphatic carbocycles. The summed E-state index contributed by atoms with van der Waals surface area (Å²) in [6, 6.07) is 14.8. The van der Waals surface area contributed by atoms with Gasteiger partial charge in [0, 0.05) is 42.1 Å². The number of fused-ring (bicyclic) bond motifs is 2. The van der Waals surface area contributed by atoms with E-state index in [9.17, 15) is 9.50 Å². The summed E-state index contributed by atoms with van der Waals surface area (Å²) in [5.41, 5.74) is 10.2. The number of aromatic nitrogens is 1. The molecule has 2 heterocycles. The number of halogens is 1. The van der Waals surface area contributed by atoms with E-state index in [-0.39, 0.29) is 0 Å². The summed E-state index contributed by atoms with van der Waals surface area (Å²) in [7, 11) is 0. The van der Waals surface area contributed by atoms with Crippen molar-refractivity contribution in [3.63, 3.8) is 0 Å². The molecule has 1 atom stereocenters. The van der Waals surface area contributed by atoms with Crippen molar-refractivity contribution in [3.8, 4) is 5.75 Å².